The molecule has 2 N–H and O–H groups in total. The predicted octanol–water partition coefficient (Wildman–Crippen LogP) is -0.106. The van der Waals surface area contributed by atoms with Crippen LogP contribution in [0.15, 0.2) is 27.0 Å². The number of likely N-dealkylation sites (N-methyl/N-ethyl adjacent to an activating group) is 1. The van der Waals surface area contributed by atoms with Crippen molar-refractivity contribution in [2.45, 2.75) is 0 Å². The first-order valence-electron chi connectivity index (χ1n) is 7.87. The number of methoxy groups -OCH3 is 1. The topological polar surface area (TPSA) is 124 Å². The molecule has 1 amide bonds. The van der Waals surface area contributed by atoms with Crippen LogP contribution in [0.2, 0.25) is 0 Å². The van der Waals surface area contributed by atoms with Gasteiger partial charge in [-0.25, -0.2) is 0 Å². The first-order chi connectivity index (χ1) is 12.3. The Morgan fingerprint density at radius 1 is 1.23 bits per heavy atom. The van der Waals surface area contributed by atoms with Crippen LogP contribution in [0, 0.1) is 0 Å². The average molecular weight is 381 g/mol. The number of hydrogen-bond acceptors (Lipinski definition) is 7. The highest BCUT2D eigenvalue weighted by molar-refractivity contribution is 7.89. The van der Waals surface area contributed by atoms with E-state index in [1.54, 1.807) is 11.0 Å². The molecule has 0 bridgehead atoms. The number of hydrogen-bond donors (Lipinski definition) is 2. The van der Waals surface area contributed by atoms with Gasteiger partial charge in [-0.3, -0.25) is 4.79 Å². The van der Waals surface area contributed by atoms with Crippen molar-refractivity contribution in [1.82, 2.24) is 9.80 Å². The molecular formula is C15H19N5O5S. The highest BCUT2D eigenvalue weighted by atomic mass is 32.2. The lowest BCUT2D eigenvalue weighted by atomic mass is 10.1. The number of ether oxygens (including phenoxy) is 1. The van der Waals surface area contributed by atoms with E-state index in [-0.39, 0.29) is 34.6 Å². The van der Waals surface area contributed by atoms with E-state index in [0.717, 1.165) is 13.1 Å². The molecule has 0 aromatic heterocycles. The number of para-hydroxylation sites is 1. The number of carbonyl (C=O) groups excluding carboxylic acids is 1. The number of anilines is 1. The van der Waals surface area contributed by atoms with Crippen molar-refractivity contribution >= 4 is 33.5 Å². The summed E-state index contributed by atoms with van der Waals surface area (Å²) < 4.78 is 34.6. The monoisotopic (exact) mass is 381 g/mol. The maximum atomic E-state index is 12.7. The number of nitrogens with zero attached hydrogens (tertiary/aromatic N) is 4. The zero-order chi connectivity index (χ0) is 18.9. The zero-order valence-electron chi connectivity index (χ0n) is 14.3. The number of benzene rings is 1. The van der Waals surface area contributed by atoms with Crippen LogP contribution in [-0.2, 0) is 14.9 Å². The molecule has 1 saturated heterocycles. The van der Waals surface area contributed by atoms with Gasteiger partial charge in [0.15, 0.2) is 5.75 Å². The van der Waals surface area contributed by atoms with E-state index >= 15 is 0 Å². The fourth-order valence-corrected chi connectivity index (χ4v) is 3.42. The third-order valence-electron chi connectivity index (χ3n) is 4.11. The lowest BCUT2D eigenvalue weighted by molar-refractivity contribution is 0.0661. The number of aromatic hydroxyl groups is 1. The molecule has 1 aromatic carbocycles. The van der Waals surface area contributed by atoms with Gasteiger partial charge in [0.1, 0.15) is 0 Å². The molecule has 2 aliphatic rings. The van der Waals surface area contributed by atoms with Gasteiger partial charge in [0.25, 0.3) is 11.8 Å². The normalized spacial score (nSPS) is 19.7. The van der Waals surface area contributed by atoms with Gasteiger partial charge in [0, 0.05) is 26.2 Å². The molecule has 0 saturated carbocycles. The largest absolute Gasteiger partial charge is 0.505 e. The highest BCUT2D eigenvalue weighted by Crippen LogP contribution is 2.29. The summed E-state index contributed by atoms with van der Waals surface area (Å²) >= 11 is 0. The summed E-state index contributed by atoms with van der Waals surface area (Å²) in [7, 11) is -0.776. The average Bonchev–Trinajstić information content (AvgIpc) is 2.90. The van der Waals surface area contributed by atoms with Crippen molar-refractivity contribution in [2.75, 3.05) is 45.7 Å². The number of nitrogens with one attached hydrogen (secondary N) is 1. The second-order valence-corrected chi connectivity index (χ2v) is 7.17. The summed E-state index contributed by atoms with van der Waals surface area (Å²) in [6.45, 7) is 2.65. The maximum absolute atomic E-state index is 12.7. The Balaban J connectivity index is 1.84. The molecule has 10 nitrogen and oxygen atoms in total. The Morgan fingerprint density at radius 2 is 1.92 bits per heavy atom. The Morgan fingerprint density at radius 3 is 2.58 bits per heavy atom. The van der Waals surface area contributed by atoms with Crippen molar-refractivity contribution in [2.24, 2.45) is 8.80 Å². The number of amidine groups is 1. The minimum atomic E-state index is -4.01. The van der Waals surface area contributed by atoms with Crippen LogP contribution >= 0.6 is 0 Å². The minimum Gasteiger partial charge on any atom is -0.505 e. The van der Waals surface area contributed by atoms with Gasteiger partial charge < -0.3 is 25.0 Å². The van der Waals surface area contributed by atoms with Crippen molar-refractivity contribution in [1.29, 1.82) is 0 Å². The van der Waals surface area contributed by atoms with Gasteiger partial charge in [-0.2, -0.15) is 8.42 Å². The summed E-state index contributed by atoms with van der Waals surface area (Å²) in [5.41, 5.74) is 0.252. The SMILES string of the molecule is COC1=NS(=O)(=O)N=C1Nc1cccc(C(=O)N2CCN(C)CC2)c1O. The third-order valence-corrected chi connectivity index (χ3v) is 4.92. The molecular weight excluding hydrogens is 362 g/mol. The molecule has 0 radical (unpaired) electrons. The smallest absolute Gasteiger partial charge is 0.368 e. The van der Waals surface area contributed by atoms with E-state index in [1.807, 2.05) is 7.05 Å². The Bertz CT molecular complexity index is 888. The van der Waals surface area contributed by atoms with Gasteiger partial charge in [-0.15, -0.1) is 8.80 Å². The van der Waals surface area contributed by atoms with E-state index in [4.69, 9.17) is 4.74 Å². The van der Waals surface area contributed by atoms with E-state index in [1.165, 1.54) is 19.2 Å². The Hall–Kier alpha value is -2.66. The minimum absolute atomic E-state index is 0.122. The van der Waals surface area contributed by atoms with Crippen molar-refractivity contribution < 1.29 is 23.1 Å². The fraction of sp³-hybridized carbons (Fsp3) is 0.400. The van der Waals surface area contributed by atoms with Crippen molar-refractivity contribution in [3.05, 3.63) is 23.8 Å². The first kappa shape index (κ1) is 18.1. The van der Waals surface area contributed by atoms with Gasteiger partial charge in [0.05, 0.1) is 18.4 Å². The van der Waals surface area contributed by atoms with Crippen molar-refractivity contribution in [3.8, 4) is 5.75 Å². The second kappa shape index (κ2) is 6.92. The molecule has 0 atom stereocenters. The molecule has 1 fully saturated rings. The number of rotatable bonds is 2. The van der Waals surface area contributed by atoms with E-state index in [9.17, 15) is 18.3 Å². The molecule has 26 heavy (non-hydrogen) atoms. The van der Waals surface area contributed by atoms with E-state index in [0.29, 0.717) is 13.1 Å². The van der Waals surface area contributed by atoms with Gasteiger partial charge in [-0.05, 0) is 19.2 Å². The molecule has 3 rings (SSSR count). The third kappa shape index (κ3) is 3.63. The van der Waals surface area contributed by atoms with Gasteiger partial charge >= 0.3 is 10.2 Å². The molecule has 0 unspecified atom stereocenters. The second-order valence-electron chi connectivity index (χ2n) is 5.91. The first-order valence-corrected chi connectivity index (χ1v) is 9.26. The Labute approximate surface area is 151 Å². The molecule has 140 valence electrons. The van der Waals surface area contributed by atoms with Crippen LogP contribution < -0.4 is 5.32 Å². The van der Waals surface area contributed by atoms with Crippen LogP contribution in [0.3, 0.4) is 0 Å². The van der Waals surface area contributed by atoms with Crippen LogP contribution in [0.25, 0.3) is 0 Å². The van der Waals surface area contributed by atoms with Gasteiger partial charge in [0.2, 0.25) is 5.84 Å². The number of carbonyl (C=O) groups is 1. The fourth-order valence-electron chi connectivity index (χ4n) is 2.66. The number of phenols is 1. The summed E-state index contributed by atoms with van der Waals surface area (Å²) in [5, 5.41) is 13.1. The predicted molar refractivity (Wildman–Crippen MR) is 95.9 cm³/mol. The Kier molecular flexibility index (Phi) is 4.83. The summed E-state index contributed by atoms with van der Waals surface area (Å²) in [4.78, 5) is 16.5. The molecule has 0 spiro atoms. The standard InChI is InChI=1S/C15H19N5O5S/c1-19-6-8-20(9-7-19)15(22)10-4-3-5-11(12(10)21)16-13-14(25-2)18-26(23,24)17-13/h3-5,21H,6-9H2,1-2H3,(H,16,17). The van der Waals surface area contributed by atoms with E-state index in [2.05, 4.69) is 19.0 Å². The zero-order valence-corrected chi connectivity index (χ0v) is 15.2. The molecule has 1 aromatic rings. The van der Waals surface area contributed by atoms with Crippen LogP contribution in [0.1, 0.15) is 10.4 Å². The number of piperazine rings is 1. The molecule has 2 heterocycles. The molecule has 2 aliphatic heterocycles. The van der Waals surface area contributed by atoms with Crippen LogP contribution in [0.4, 0.5) is 5.69 Å². The van der Waals surface area contributed by atoms with Crippen LogP contribution in [0.5, 0.6) is 5.75 Å². The van der Waals surface area contributed by atoms with Crippen molar-refractivity contribution in [3.63, 3.8) is 0 Å². The van der Waals surface area contributed by atoms with E-state index < -0.39 is 10.2 Å². The summed E-state index contributed by atoms with van der Waals surface area (Å²) in [6, 6.07) is 4.59. The highest BCUT2D eigenvalue weighted by Gasteiger charge is 2.28. The molecule has 11 heteroatoms. The van der Waals surface area contributed by atoms with Crippen LogP contribution in [-0.4, -0.2) is 81.3 Å². The van der Waals surface area contributed by atoms with Gasteiger partial charge in [-0.1, -0.05) is 6.07 Å². The summed E-state index contributed by atoms with van der Waals surface area (Å²) in [5.74, 6) is -0.966. The quantitative estimate of drug-likeness (QED) is 0.685. The lowest BCUT2D eigenvalue weighted by Gasteiger charge is -2.32. The number of amides is 1. The molecule has 0 aliphatic carbocycles. The number of phenolic OH excluding ortho intramolecular Hbond substituents is 1. The maximum Gasteiger partial charge on any atom is 0.368 e. The summed E-state index contributed by atoms with van der Waals surface area (Å²) in [6.07, 6.45) is 0. The lowest BCUT2D eigenvalue weighted by Crippen LogP contribution is -2.47.